The van der Waals surface area contributed by atoms with Gasteiger partial charge in [0.2, 0.25) is 5.91 Å². The first-order chi connectivity index (χ1) is 10.7. The molecule has 1 aromatic rings. The van der Waals surface area contributed by atoms with E-state index in [1.807, 2.05) is 26.0 Å². The average molecular weight is 435 g/mol. The average Bonchev–Trinajstić information content (AvgIpc) is 2.49. The van der Waals surface area contributed by atoms with Crippen molar-refractivity contribution in [2.45, 2.75) is 20.3 Å². The second-order valence-corrected chi connectivity index (χ2v) is 4.59. The molecule has 0 saturated carbocycles. The summed E-state index contributed by atoms with van der Waals surface area (Å²) >= 11 is 0. The summed E-state index contributed by atoms with van der Waals surface area (Å²) in [5.41, 5.74) is 0.870. The van der Waals surface area contributed by atoms with Gasteiger partial charge < -0.3 is 20.7 Å². The van der Waals surface area contributed by atoms with Gasteiger partial charge in [0.15, 0.2) is 5.96 Å². The quantitative estimate of drug-likeness (QED) is 0.250. The number of carbonyl (C=O) groups excluding carboxylic acids is 1. The monoisotopic (exact) mass is 435 g/mol. The van der Waals surface area contributed by atoms with E-state index >= 15 is 0 Å². The second-order valence-electron chi connectivity index (χ2n) is 4.59. The molecule has 0 aliphatic rings. The van der Waals surface area contributed by atoms with Crippen molar-refractivity contribution in [1.82, 2.24) is 15.6 Å². The highest BCUT2D eigenvalue weighted by molar-refractivity contribution is 14.0. The Morgan fingerprint density at radius 2 is 2.04 bits per heavy atom. The van der Waals surface area contributed by atoms with E-state index in [9.17, 15) is 4.79 Å². The third kappa shape index (κ3) is 10.1. The summed E-state index contributed by atoms with van der Waals surface area (Å²) in [6.07, 6.45) is 0.335. The minimum absolute atomic E-state index is 0. The topological polar surface area (TPSA) is 87.6 Å². The number of anilines is 1. The summed E-state index contributed by atoms with van der Waals surface area (Å²) < 4.78 is 5.23. The van der Waals surface area contributed by atoms with Gasteiger partial charge in [-0.1, -0.05) is 6.07 Å². The van der Waals surface area contributed by atoms with Crippen LogP contribution in [0.25, 0.3) is 0 Å². The largest absolute Gasteiger partial charge is 0.380 e. The number of rotatable bonds is 8. The van der Waals surface area contributed by atoms with Crippen molar-refractivity contribution >= 4 is 41.7 Å². The number of ether oxygens (including phenoxy) is 1. The summed E-state index contributed by atoms with van der Waals surface area (Å²) in [4.78, 5) is 20.1. The zero-order valence-corrected chi connectivity index (χ0v) is 16.2. The molecular weight excluding hydrogens is 409 g/mol. The number of aliphatic imine (C=N–C) groups is 1. The van der Waals surface area contributed by atoms with Crippen LogP contribution in [0.2, 0.25) is 0 Å². The molecule has 0 atom stereocenters. The zero-order valence-electron chi connectivity index (χ0n) is 13.9. The normalized spacial score (nSPS) is 10.7. The zero-order chi connectivity index (χ0) is 16.2. The number of nitrogens with zero attached hydrogens (tertiary/aromatic N) is 2. The van der Waals surface area contributed by atoms with Crippen LogP contribution in [-0.2, 0) is 9.53 Å². The number of aryl methyl sites for hydroxylation is 1. The van der Waals surface area contributed by atoms with Gasteiger partial charge in [-0.3, -0.25) is 9.79 Å². The Kier molecular flexibility index (Phi) is 12.3. The first-order valence-electron chi connectivity index (χ1n) is 7.41. The Balaban J connectivity index is 0.00000484. The molecule has 7 nitrogen and oxygen atoms in total. The van der Waals surface area contributed by atoms with Crippen molar-refractivity contribution in [1.29, 1.82) is 0 Å². The van der Waals surface area contributed by atoms with Crippen LogP contribution in [0, 0.1) is 6.92 Å². The maximum atomic E-state index is 11.8. The van der Waals surface area contributed by atoms with Gasteiger partial charge >= 0.3 is 0 Å². The summed E-state index contributed by atoms with van der Waals surface area (Å²) in [5.74, 6) is 1.14. The molecule has 0 aliphatic carbocycles. The van der Waals surface area contributed by atoms with Crippen LogP contribution in [0.1, 0.15) is 19.0 Å². The van der Waals surface area contributed by atoms with Crippen LogP contribution >= 0.6 is 24.0 Å². The van der Waals surface area contributed by atoms with E-state index in [2.05, 4.69) is 25.9 Å². The van der Waals surface area contributed by atoms with E-state index in [1.54, 1.807) is 13.1 Å². The molecule has 23 heavy (non-hydrogen) atoms. The SMILES string of the molecule is CCOCCNC(=NC)NCCC(=O)Nc1cccc(C)n1.I. The molecule has 0 aromatic carbocycles. The minimum atomic E-state index is -0.0876. The van der Waals surface area contributed by atoms with E-state index in [0.717, 1.165) is 5.69 Å². The highest BCUT2D eigenvalue weighted by atomic mass is 127. The van der Waals surface area contributed by atoms with Crippen LogP contribution in [0.5, 0.6) is 0 Å². The molecule has 0 radical (unpaired) electrons. The Bertz CT molecular complexity index is 497. The van der Waals surface area contributed by atoms with Gasteiger partial charge in [0.05, 0.1) is 6.61 Å². The van der Waals surface area contributed by atoms with E-state index in [-0.39, 0.29) is 29.9 Å². The molecular formula is C15H26IN5O2. The molecule has 0 aliphatic heterocycles. The lowest BCUT2D eigenvalue weighted by atomic mass is 10.3. The predicted molar refractivity (Wildman–Crippen MR) is 103 cm³/mol. The molecule has 8 heteroatoms. The summed E-state index contributed by atoms with van der Waals surface area (Å²) in [7, 11) is 1.69. The van der Waals surface area contributed by atoms with Crippen LogP contribution in [0.4, 0.5) is 5.82 Å². The summed E-state index contributed by atoms with van der Waals surface area (Å²) in [6.45, 7) is 6.32. The molecule has 1 heterocycles. The number of amides is 1. The molecule has 3 N–H and O–H groups in total. The number of pyridine rings is 1. The lowest BCUT2D eigenvalue weighted by molar-refractivity contribution is -0.116. The molecule has 0 spiro atoms. The fourth-order valence-corrected chi connectivity index (χ4v) is 1.72. The van der Waals surface area contributed by atoms with Crippen molar-refractivity contribution in [2.24, 2.45) is 4.99 Å². The van der Waals surface area contributed by atoms with E-state index < -0.39 is 0 Å². The Hall–Kier alpha value is -1.42. The second kappa shape index (κ2) is 13.1. The van der Waals surface area contributed by atoms with Crippen molar-refractivity contribution in [2.75, 3.05) is 38.7 Å². The fourth-order valence-electron chi connectivity index (χ4n) is 1.72. The molecule has 0 saturated heterocycles. The summed E-state index contributed by atoms with van der Waals surface area (Å²) in [5, 5.41) is 8.95. The highest BCUT2D eigenvalue weighted by Crippen LogP contribution is 2.03. The minimum Gasteiger partial charge on any atom is -0.380 e. The van der Waals surface area contributed by atoms with E-state index in [4.69, 9.17) is 4.74 Å². The van der Waals surface area contributed by atoms with Crippen molar-refractivity contribution in [3.05, 3.63) is 23.9 Å². The smallest absolute Gasteiger partial charge is 0.227 e. The van der Waals surface area contributed by atoms with Crippen LogP contribution < -0.4 is 16.0 Å². The van der Waals surface area contributed by atoms with Gasteiger partial charge in [-0.15, -0.1) is 24.0 Å². The summed E-state index contributed by atoms with van der Waals surface area (Å²) in [6, 6.07) is 5.52. The van der Waals surface area contributed by atoms with Crippen LogP contribution in [-0.4, -0.2) is 50.2 Å². The Morgan fingerprint density at radius 3 is 2.70 bits per heavy atom. The van der Waals surface area contributed by atoms with Gasteiger partial charge in [0, 0.05) is 38.9 Å². The molecule has 0 unspecified atom stereocenters. The third-order valence-corrected chi connectivity index (χ3v) is 2.77. The van der Waals surface area contributed by atoms with Crippen LogP contribution in [0.3, 0.4) is 0 Å². The van der Waals surface area contributed by atoms with E-state index in [0.29, 0.717) is 44.5 Å². The van der Waals surface area contributed by atoms with Gasteiger partial charge in [-0.25, -0.2) is 4.98 Å². The lowest BCUT2D eigenvalue weighted by Crippen LogP contribution is -2.40. The molecule has 1 rings (SSSR count). The number of guanidine groups is 1. The lowest BCUT2D eigenvalue weighted by Gasteiger charge is -2.11. The maximum Gasteiger partial charge on any atom is 0.227 e. The fraction of sp³-hybridized carbons (Fsp3) is 0.533. The Labute approximate surface area is 154 Å². The number of halogens is 1. The number of aromatic nitrogens is 1. The molecule has 1 amide bonds. The predicted octanol–water partition coefficient (Wildman–Crippen LogP) is 1.54. The number of hydrogen-bond donors (Lipinski definition) is 3. The van der Waals surface area contributed by atoms with Crippen LogP contribution in [0.15, 0.2) is 23.2 Å². The van der Waals surface area contributed by atoms with E-state index in [1.165, 1.54) is 0 Å². The molecule has 1 aromatic heterocycles. The highest BCUT2D eigenvalue weighted by Gasteiger charge is 2.04. The van der Waals surface area contributed by atoms with Crippen molar-refractivity contribution < 1.29 is 9.53 Å². The first-order valence-corrected chi connectivity index (χ1v) is 7.41. The van der Waals surface area contributed by atoms with Gasteiger partial charge in [-0.2, -0.15) is 0 Å². The number of carbonyl (C=O) groups is 1. The van der Waals surface area contributed by atoms with Gasteiger partial charge in [-0.05, 0) is 26.0 Å². The first kappa shape index (κ1) is 21.6. The standard InChI is InChI=1S/C15H25N5O2.HI/c1-4-22-11-10-18-15(16-3)17-9-8-14(21)20-13-7-5-6-12(2)19-13;/h5-7H,4,8-11H2,1-3H3,(H2,16,17,18)(H,19,20,21);1H. The maximum absolute atomic E-state index is 11.8. The number of nitrogens with one attached hydrogen (secondary N) is 3. The Morgan fingerprint density at radius 1 is 1.30 bits per heavy atom. The molecule has 130 valence electrons. The van der Waals surface area contributed by atoms with Gasteiger partial charge in [0.1, 0.15) is 5.82 Å². The molecule has 0 bridgehead atoms. The van der Waals surface area contributed by atoms with Crippen molar-refractivity contribution in [3.63, 3.8) is 0 Å². The molecule has 0 fully saturated rings. The van der Waals surface area contributed by atoms with Gasteiger partial charge in [0.25, 0.3) is 0 Å². The number of hydrogen-bond acceptors (Lipinski definition) is 4. The van der Waals surface area contributed by atoms with Crippen molar-refractivity contribution in [3.8, 4) is 0 Å². The third-order valence-electron chi connectivity index (χ3n) is 2.77.